The van der Waals surface area contributed by atoms with Crippen molar-refractivity contribution in [1.29, 1.82) is 0 Å². The molecule has 2 aliphatic rings. The maximum absolute atomic E-state index is 12.1. The van der Waals surface area contributed by atoms with Crippen LogP contribution < -0.4 is 4.90 Å². The molecule has 1 aliphatic heterocycles. The molecule has 1 saturated heterocycles. The van der Waals surface area contributed by atoms with Gasteiger partial charge in [-0.2, -0.15) is 0 Å². The molecule has 1 amide bonds. The highest BCUT2D eigenvalue weighted by Gasteiger charge is 2.31. The van der Waals surface area contributed by atoms with Crippen molar-refractivity contribution in [1.82, 2.24) is 0 Å². The molecular formula is C16H17NO. The van der Waals surface area contributed by atoms with Gasteiger partial charge in [0.25, 0.3) is 0 Å². The van der Waals surface area contributed by atoms with E-state index in [2.05, 4.69) is 24.1 Å². The van der Waals surface area contributed by atoms with Gasteiger partial charge in [0.15, 0.2) is 0 Å². The zero-order valence-corrected chi connectivity index (χ0v) is 10.5. The summed E-state index contributed by atoms with van der Waals surface area (Å²) in [6.07, 6.45) is 10.7. The monoisotopic (exact) mass is 239 g/mol. The van der Waals surface area contributed by atoms with Crippen molar-refractivity contribution in [2.45, 2.75) is 32.1 Å². The van der Waals surface area contributed by atoms with Crippen LogP contribution in [0.3, 0.4) is 0 Å². The van der Waals surface area contributed by atoms with Crippen LogP contribution in [0, 0.1) is 18.3 Å². The lowest BCUT2D eigenvalue weighted by Crippen LogP contribution is -2.26. The Morgan fingerprint density at radius 1 is 1.28 bits per heavy atom. The average Bonchev–Trinajstić information content (AvgIpc) is 2.79. The number of rotatable bonds is 1. The second-order valence-corrected chi connectivity index (χ2v) is 5.19. The molecule has 0 radical (unpaired) electrons. The normalized spacial score (nSPS) is 22.7. The van der Waals surface area contributed by atoms with Crippen LogP contribution in [0.2, 0.25) is 0 Å². The van der Waals surface area contributed by atoms with Gasteiger partial charge in [-0.25, -0.2) is 0 Å². The van der Waals surface area contributed by atoms with Crippen molar-refractivity contribution in [2.75, 3.05) is 11.4 Å². The number of anilines is 1. The molecule has 1 aromatic rings. The maximum Gasteiger partial charge on any atom is 0.228 e. The third kappa shape index (κ3) is 1.80. The predicted molar refractivity (Wildman–Crippen MR) is 72.4 cm³/mol. The summed E-state index contributed by atoms with van der Waals surface area (Å²) in [7, 11) is 0. The summed E-state index contributed by atoms with van der Waals surface area (Å²) in [6.45, 7) is 0.686. The molecule has 1 atom stereocenters. The van der Waals surface area contributed by atoms with Crippen LogP contribution in [0.1, 0.15) is 30.4 Å². The Morgan fingerprint density at radius 2 is 2.11 bits per heavy atom. The van der Waals surface area contributed by atoms with Crippen molar-refractivity contribution >= 4 is 11.6 Å². The Bertz CT molecular complexity index is 526. The summed E-state index contributed by atoms with van der Waals surface area (Å²) in [5, 5.41) is 0. The van der Waals surface area contributed by atoms with Crippen LogP contribution in [0.4, 0.5) is 5.69 Å². The SMILES string of the molecule is C#CC1CC(=O)N(c2cccc3c2CCCC3)C1. The number of amides is 1. The zero-order chi connectivity index (χ0) is 12.5. The third-order valence-corrected chi connectivity index (χ3v) is 4.02. The van der Waals surface area contributed by atoms with Gasteiger partial charge >= 0.3 is 0 Å². The second kappa shape index (κ2) is 4.49. The molecule has 3 rings (SSSR count). The average molecular weight is 239 g/mol. The number of benzene rings is 1. The molecule has 92 valence electrons. The van der Waals surface area contributed by atoms with Crippen LogP contribution in [-0.2, 0) is 17.6 Å². The molecule has 0 spiro atoms. The Hall–Kier alpha value is -1.75. The minimum Gasteiger partial charge on any atom is -0.311 e. The van der Waals surface area contributed by atoms with Crippen LogP contribution in [0.25, 0.3) is 0 Å². The van der Waals surface area contributed by atoms with Gasteiger partial charge < -0.3 is 4.90 Å². The molecule has 0 aromatic heterocycles. The Morgan fingerprint density at radius 3 is 2.89 bits per heavy atom. The number of nitrogens with zero attached hydrogens (tertiary/aromatic N) is 1. The van der Waals surface area contributed by atoms with Gasteiger partial charge in [0.1, 0.15) is 0 Å². The summed E-state index contributed by atoms with van der Waals surface area (Å²) < 4.78 is 0. The summed E-state index contributed by atoms with van der Waals surface area (Å²) in [6, 6.07) is 6.33. The van der Waals surface area contributed by atoms with Gasteiger partial charge in [0.2, 0.25) is 5.91 Å². The molecule has 1 aromatic carbocycles. The van der Waals surface area contributed by atoms with E-state index in [-0.39, 0.29) is 11.8 Å². The first-order valence-corrected chi connectivity index (χ1v) is 6.67. The predicted octanol–water partition coefficient (Wildman–Crippen LogP) is 2.55. The molecule has 2 nitrogen and oxygen atoms in total. The maximum atomic E-state index is 12.1. The van der Waals surface area contributed by atoms with E-state index in [0.29, 0.717) is 13.0 Å². The lowest BCUT2D eigenvalue weighted by molar-refractivity contribution is -0.117. The molecule has 18 heavy (non-hydrogen) atoms. The van der Waals surface area contributed by atoms with Gasteiger partial charge in [-0.3, -0.25) is 4.79 Å². The van der Waals surface area contributed by atoms with E-state index in [1.165, 1.54) is 24.0 Å². The largest absolute Gasteiger partial charge is 0.311 e. The molecule has 0 saturated carbocycles. The number of hydrogen-bond donors (Lipinski definition) is 0. The molecule has 2 heteroatoms. The number of fused-ring (bicyclic) bond motifs is 1. The minimum absolute atomic E-state index is 0.0805. The van der Waals surface area contributed by atoms with Crippen LogP contribution in [0.15, 0.2) is 18.2 Å². The summed E-state index contributed by atoms with van der Waals surface area (Å²) in [5.41, 5.74) is 3.89. The zero-order valence-electron chi connectivity index (χ0n) is 10.5. The summed E-state index contributed by atoms with van der Waals surface area (Å²) in [4.78, 5) is 14.0. The first kappa shape index (κ1) is 11.3. The lowest BCUT2D eigenvalue weighted by Gasteiger charge is -2.25. The van der Waals surface area contributed by atoms with Crippen LogP contribution in [0.5, 0.6) is 0 Å². The van der Waals surface area contributed by atoms with Gasteiger partial charge in [-0.15, -0.1) is 12.3 Å². The van der Waals surface area contributed by atoms with E-state index < -0.39 is 0 Å². The topological polar surface area (TPSA) is 20.3 Å². The number of carbonyl (C=O) groups excluding carboxylic acids is 1. The number of carbonyl (C=O) groups is 1. The minimum atomic E-state index is 0.0805. The van der Waals surface area contributed by atoms with E-state index in [1.807, 2.05) is 4.90 Å². The van der Waals surface area contributed by atoms with Gasteiger partial charge in [-0.1, -0.05) is 12.1 Å². The number of hydrogen-bond acceptors (Lipinski definition) is 1. The summed E-state index contributed by atoms with van der Waals surface area (Å²) in [5.74, 6) is 2.97. The highest BCUT2D eigenvalue weighted by molar-refractivity contribution is 5.97. The van der Waals surface area contributed by atoms with Crippen molar-refractivity contribution in [2.24, 2.45) is 5.92 Å². The second-order valence-electron chi connectivity index (χ2n) is 5.19. The van der Waals surface area contributed by atoms with Crippen LogP contribution >= 0.6 is 0 Å². The standard InChI is InChI=1S/C16H17NO/c1-2-12-10-16(18)17(11-12)15-9-5-7-13-6-3-4-8-14(13)15/h1,5,7,9,12H,3-4,6,8,10-11H2. The van der Waals surface area contributed by atoms with Gasteiger partial charge in [-0.05, 0) is 42.9 Å². The van der Waals surface area contributed by atoms with E-state index in [1.54, 1.807) is 0 Å². The Kier molecular flexibility index (Phi) is 2.83. The molecule has 1 fully saturated rings. The van der Waals surface area contributed by atoms with Gasteiger partial charge in [0.05, 0.1) is 0 Å². The quantitative estimate of drug-likeness (QED) is 0.690. The molecular weight excluding hydrogens is 222 g/mol. The Labute approximate surface area is 108 Å². The first-order valence-electron chi connectivity index (χ1n) is 6.67. The molecule has 1 aliphatic carbocycles. The highest BCUT2D eigenvalue weighted by atomic mass is 16.2. The fourth-order valence-corrected chi connectivity index (χ4v) is 3.07. The Balaban J connectivity index is 1.98. The van der Waals surface area contributed by atoms with Gasteiger partial charge in [0, 0.05) is 24.6 Å². The van der Waals surface area contributed by atoms with Crippen LogP contribution in [-0.4, -0.2) is 12.5 Å². The lowest BCUT2D eigenvalue weighted by atomic mass is 9.90. The molecule has 0 N–H and O–H groups in total. The van der Waals surface area contributed by atoms with E-state index >= 15 is 0 Å². The van der Waals surface area contributed by atoms with Crippen molar-refractivity contribution in [3.05, 3.63) is 29.3 Å². The molecule has 1 unspecified atom stereocenters. The van der Waals surface area contributed by atoms with Crippen molar-refractivity contribution in [3.8, 4) is 12.3 Å². The number of aryl methyl sites for hydroxylation is 1. The summed E-state index contributed by atoms with van der Waals surface area (Å²) >= 11 is 0. The fraction of sp³-hybridized carbons (Fsp3) is 0.438. The fourth-order valence-electron chi connectivity index (χ4n) is 3.07. The van der Waals surface area contributed by atoms with Crippen molar-refractivity contribution < 1.29 is 4.79 Å². The molecule has 0 bridgehead atoms. The van der Waals surface area contributed by atoms with E-state index in [4.69, 9.17) is 6.42 Å². The van der Waals surface area contributed by atoms with E-state index in [0.717, 1.165) is 18.5 Å². The van der Waals surface area contributed by atoms with E-state index in [9.17, 15) is 4.79 Å². The van der Waals surface area contributed by atoms with Crippen molar-refractivity contribution in [3.63, 3.8) is 0 Å². The number of terminal acetylenes is 1. The smallest absolute Gasteiger partial charge is 0.228 e. The third-order valence-electron chi connectivity index (χ3n) is 4.02. The first-order chi connectivity index (χ1) is 8.79. The highest BCUT2D eigenvalue weighted by Crippen LogP contribution is 2.33. The molecule has 1 heterocycles.